The molecule has 5 atom stereocenters. The molecule has 0 amide bonds. The van der Waals surface area contributed by atoms with E-state index in [4.69, 9.17) is 9.47 Å². The van der Waals surface area contributed by atoms with Crippen molar-refractivity contribution in [2.75, 3.05) is 4.43 Å². The van der Waals surface area contributed by atoms with E-state index in [0.29, 0.717) is 4.43 Å². The summed E-state index contributed by atoms with van der Waals surface area (Å²) in [5, 5.41) is 29.2. The molecule has 0 aliphatic carbocycles. The molecule has 19 heavy (non-hydrogen) atoms. The number of halogens is 2. The Balaban J connectivity index is 2.13. The van der Waals surface area contributed by atoms with Gasteiger partial charge in [0.1, 0.15) is 18.3 Å². The lowest BCUT2D eigenvalue weighted by molar-refractivity contribution is -0.266. The minimum Gasteiger partial charge on any atom is -0.459 e. The normalized spacial score (nSPS) is 35.1. The van der Waals surface area contributed by atoms with Crippen molar-refractivity contribution in [3.8, 4) is 5.75 Å². The zero-order chi connectivity index (χ0) is 14.0. The number of hydrogen-bond donors (Lipinski definition) is 3. The van der Waals surface area contributed by atoms with E-state index in [9.17, 15) is 19.7 Å². The van der Waals surface area contributed by atoms with Crippen molar-refractivity contribution in [3.05, 3.63) is 30.1 Å². The molecule has 1 aliphatic heterocycles. The average Bonchev–Trinajstić information content (AvgIpc) is 2.41. The van der Waals surface area contributed by atoms with Gasteiger partial charge in [0.25, 0.3) is 0 Å². The highest BCUT2D eigenvalue weighted by Gasteiger charge is 2.44. The third kappa shape index (κ3) is 3.16. The topological polar surface area (TPSA) is 79.2 Å². The summed E-state index contributed by atoms with van der Waals surface area (Å²) >= 11 is 1.98. The van der Waals surface area contributed by atoms with Gasteiger partial charge in [0.2, 0.25) is 6.29 Å². The van der Waals surface area contributed by atoms with Crippen molar-refractivity contribution < 1.29 is 29.2 Å². The number of aliphatic hydroxyl groups is 3. The summed E-state index contributed by atoms with van der Waals surface area (Å²) in [6.45, 7) is 0. The van der Waals surface area contributed by atoms with Crippen LogP contribution in [0.15, 0.2) is 24.3 Å². The molecular weight excluding hydrogens is 370 g/mol. The van der Waals surface area contributed by atoms with Gasteiger partial charge < -0.3 is 24.8 Å². The summed E-state index contributed by atoms with van der Waals surface area (Å²) in [4.78, 5) is 0. The molecule has 0 spiro atoms. The molecule has 1 aromatic rings. The first-order chi connectivity index (χ1) is 9.04. The number of aliphatic hydroxyl groups excluding tert-OH is 3. The van der Waals surface area contributed by atoms with E-state index in [1.54, 1.807) is 6.07 Å². The van der Waals surface area contributed by atoms with Crippen molar-refractivity contribution in [2.45, 2.75) is 30.7 Å². The van der Waals surface area contributed by atoms with E-state index in [1.807, 2.05) is 22.6 Å². The minimum absolute atomic E-state index is 0.0812. The second-order valence-corrected chi connectivity index (χ2v) is 5.10. The van der Waals surface area contributed by atoms with Gasteiger partial charge in [-0.15, -0.1) is 0 Å². The number of alkyl halides is 1. The Bertz CT molecular complexity index is 430. The minimum atomic E-state index is -1.45. The highest BCUT2D eigenvalue weighted by atomic mass is 127. The van der Waals surface area contributed by atoms with Crippen LogP contribution >= 0.6 is 22.6 Å². The van der Waals surface area contributed by atoms with Crippen LogP contribution in [-0.2, 0) is 4.74 Å². The van der Waals surface area contributed by atoms with Gasteiger partial charge in [-0.25, -0.2) is 4.39 Å². The van der Waals surface area contributed by atoms with E-state index >= 15 is 0 Å². The molecule has 1 saturated heterocycles. The molecule has 1 aliphatic rings. The van der Waals surface area contributed by atoms with E-state index in [1.165, 1.54) is 18.2 Å². The number of benzene rings is 1. The number of rotatable bonds is 3. The van der Waals surface area contributed by atoms with Gasteiger partial charge in [-0.1, -0.05) is 34.7 Å². The summed E-state index contributed by atoms with van der Waals surface area (Å²) in [6, 6.07) is 5.69. The molecule has 0 aromatic heterocycles. The second kappa shape index (κ2) is 6.31. The molecule has 1 heterocycles. The maximum absolute atomic E-state index is 13.4. The number of hydrogen-bond acceptors (Lipinski definition) is 5. The lowest BCUT2D eigenvalue weighted by atomic mass is 10.00. The molecule has 0 radical (unpaired) electrons. The highest BCUT2D eigenvalue weighted by molar-refractivity contribution is 14.1. The van der Waals surface area contributed by atoms with Gasteiger partial charge in [-0.3, -0.25) is 0 Å². The molecule has 0 bridgehead atoms. The number of ether oxygens (including phenoxy) is 2. The van der Waals surface area contributed by atoms with Crippen molar-refractivity contribution in [1.82, 2.24) is 0 Å². The Kier molecular flexibility index (Phi) is 4.96. The SMILES string of the molecule is O[C@H]1[C@H](O)[C@H](Oc2ccccc2F)O[C@@H](CI)[C@H]1O. The molecule has 2 rings (SSSR count). The summed E-state index contributed by atoms with van der Waals surface area (Å²) in [5.74, 6) is -0.674. The largest absolute Gasteiger partial charge is 0.459 e. The molecule has 1 fully saturated rings. The smallest absolute Gasteiger partial charge is 0.229 e. The van der Waals surface area contributed by atoms with Crippen LogP contribution in [0.2, 0.25) is 0 Å². The van der Waals surface area contributed by atoms with Crippen LogP contribution in [-0.4, -0.2) is 50.5 Å². The fourth-order valence-electron chi connectivity index (χ4n) is 1.81. The first-order valence-electron chi connectivity index (χ1n) is 5.71. The highest BCUT2D eigenvalue weighted by Crippen LogP contribution is 2.26. The van der Waals surface area contributed by atoms with Crippen molar-refractivity contribution in [1.29, 1.82) is 0 Å². The average molecular weight is 384 g/mol. The van der Waals surface area contributed by atoms with Crippen LogP contribution in [0.1, 0.15) is 0 Å². The Morgan fingerprint density at radius 3 is 2.47 bits per heavy atom. The Morgan fingerprint density at radius 1 is 1.16 bits per heavy atom. The maximum atomic E-state index is 13.4. The molecule has 3 N–H and O–H groups in total. The Morgan fingerprint density at radius 2 is 1.84 bits per heavy atom. The van der Waals surface area contributed by atoms with Gasteiger partial charge >= 0.3 is 0 Å². The first kappa shape index (κ1) is 14.9. The molecule has 106 valence electrons. The van der Waals surface area contributed by atoms with Crippen molar-refractivity contribution >= 4 is 22.6 Å². The Hall–Kier alpha value is -0.480. The predicted octanol–water partition coefficient (Wildman–Crippen LogP) is 0.447. The van der Waals surface area contributed by atoms with Gasteiger partial charge in [-0.2, -0.15) is 0 Å². The van der Waals surface area contributed by atoms with Gasteiger partial charge in [0.05, 0.1) is 6.10 Å². The predicted molar refractivity (Wildman–Crippen MR) is 72.6 cm³/mol. The second-order valence-electron chi connectivity index (χ2n) is 4.22. The first-order valence-corrected chi connectivity index (χ1v) is 7.24. The molecule has 1 aromatic carbocycles. The van der Waals surface area contributed by atoms with Gasteiger partial charge in [0.15, 0.2) is 11.6 Å². The monoisotopic (exact) mass is 384 g/mol. The lowest BCUT2D eigenvalue weighted by Crippen LogP contribution is -2.59. The van der Waals surface area contributed by atoms with Crippen LogP contribution in [0.5, 0.6) is 5.75 Å². The van der Waals surface area contributed by atoms with Gasteiger partial charge in [0, 0.05) is 4.43 Å². The zero-order valence-corrected chi connectivity index (χ0v) is 12.0. The fourth-order valence-corrected chi connectivity index (χ4v) is 2.54. The third-order valence-electron chi connectivity index (χ3n) is 2.90. The quantitative estimate of drug-likeness (QED) is 0.521. The fraction of sp³-hybridized carbons (Fsp3) is 0.500. The summed E-state index contributed by atoms with van der Waals surface area (Å²) < 4.78 is 24.4. The third-order valence-corrected chi connectivity index (χ3v) is 3.77. The molecular formula is C12H14FIO5. The molecule has 0 unspecified atom stereocenters. The Labute approximate surface area is 123 Å². The van der Waals surface area contributed by atoms with Crippen LogP contribution in [0.4, 0.5) is 4.39 Å². The van der Waals surface area contributed by atoms with E-state index in [0.717, 1.165) is 0 Å². The maximum Gasteiger partial charge on any atom is 0.229 e. The van der Waals surface area contributed by atoms with E-state index in [2.05, 4.69) is 0 Å². The summed E-state index contributed by atoms with van der Waals surface area (Å²) in [7, 11) is 0. The zero-order valence-electron chi connectivity index (χ0n) is 9.82. The standard InChI is InChI=1S/C12H14FIO5/c13-6-3-1-2-4-7(6)18-12-11(17)10(16)9(15)8(5-14)19-12/h1-4,8-12,15-17H,5H2/t8-,9+,10+,11-,12+/m0/s1. The summed E-state index contributed by atoms with van der Waals surface area (Å²) in [5.41, 5.74) is 0. The van der Waals surface area contributed by atoms with Crippen LogP contribution < -0.4 is 4.74 Å². The summed E-state index contributed by atoms with van der Waals surface area (Å²) in [6.07, 6.45) is -5.96. The molecule has 7 heteroatoms. The van der Waals surface area contributed by atoms with Crippen LogP contribution in [0.3, 0.4) is 0 Å². The van der Waals surface area contributed by atoms with Crippen LogP contribution in [0, 0.1) is 5.82 Å². The van der Waals surface area contributed by atoms with Crippen molar-refractivity contribution in [2.24, 2.45) is 0 Å². The lowest BCUT2D eigenvalue weighted by Gasteiger charge is -2.39. The number of para-hydroxylation sites is 1. The van der Waals surface area contributed by atoms with Crippen LogP contribution in [0.25, 0.3) is 0 Å². The van der Waals surface area contributed by atoms with Crippen molar-refractivity contribution in [3.63, 3.8) is 0 Å². The van der Waals surface area contributed by atoms with Gasteiger partial charge in [-0.05, 0) is 12.1 Å². The van der Waals surface area contributed by atoms with E-state index in [-0.39, 0.29) is 5.75 Å². The molecule has 0 saturated carbocycles. The van der Waals surface area contributed by atoms with E-state index < -0.39 is 36.5 Å². The molecule has 5 nitrogen and oxygen atoms in total.